The second kappa shape index (κ2) is 6.22. The zero-order chi connectivity index (χ0) is 13.8. The van der Waals surface area contributed by atoms with Crippen LogP contribution in [0.15, 0.2) is 12.7 Å². The Kier molecular flexibility index (Phi) is 5.19. The zero-order valence-electron chi connectivity index (χ0n) is 10.4. The Balaban J connectivity index is 2.47. The topological polar surface area (TPSA) is 29.5 Å². The number of nitrogens with zero attached hydrogens (tertiary/aromatic N) is 1. The van der Waals surface area contributed by atoms with Gasteiger partial charge in [0.05, 0.1) is 6.61 Å². The van der Waals surface area contributed by atoms with Crippen molar-refractivity contribution in [2.75, 3.05) is 19.7 Å². The lowest BCUT2D eigenvalue weighted by atomic mass is 10.3. The van der Waals surface area contributed by atoms with Gasteiger partial charge >= 0.3 is 6.18 Å². The maximum atomic E-state index is 12.3. The summed E-state index contributed by atoms with van der Waals surface area (Å²) in [7, 11) is 0. The van der Waals surface area contributed by atoms with Crippen LogP contribution in [0.25, 0.3) is 0 Å². The normalized spacial score (nSPS) is 17.3. The SMILES string of the molecule is C=CCN(CC(F)(F)F)C(=O)C(C)OCC1CC1. The highest BCUT2D eigenvalue weighted by atomic mass is 19.4. The number of ether oxygens (including phenoxy) is 1. The molecule has 0 heterocycles. The molecule has 0 saturated heterocycles. The van der Waals surface area contributed by atoms with Gasteiger partial charge in [0.2, 0.25) is 0 Å². The third-order valence-corrected chi connectivity index (χ3v) is 2.66. The summed E-state index contributed by atoms with van der Waals surface area (Å²) < 4.78 is 42.2. The van der Waals surface area contributed by atoms with Crippen LogP contribution < -0.4 is 0 Å². The van der Waals surface area contributed by atoms with Crippen molar-refractivity contribution in [2.24, 2.45) is 5.92 Å². The molecule has 6 heteroatoms. The van der Waals surface area contributed by atoms with Crippen LogP contribution >= 0.6 is 0 Å². The Labute approximate surface area is 105 Å². The first-order chi connectivity index (χ1) is 8.33. The Bertz CT molecular complexity index is 300. The van der Waals surface area contributed by atoms with Crippen molar-refractivity contribution in [2.45, 2.75) is 32.0 Å². The van der Waals surface area contributed by atoms with Crippen molar-refractivity contribution >= 4 is 5.91 Å². The number of carbonyl (C=O) groups is 1. The van der Waals surface area contributed by atoms with E-state index in [0.29, 0.717) is 17.4 Å². The van der Waals surface area contributed by atoms with E-state index in [2.05, 4.69) is 6.58 Å². The Morgan fingerprint density at radius 1 is 1.56 bits per heavy atom. The summed E-state index contributed by atoms with van der Waals surface area (Å²) >= 11 is 0. The average molecular weight is 265 g/mol. The molecule has 0 spiro atoms. The van der Waals surface area contributed by atoms with E-state index in [1.807, 2.05) is 0 Å². The minimum atomic E-state index is -4.41. The van der Waals surface area contributed by atoms with Gasteiger partial charge in [-0.1, -0.05) is 6.08 Å². The summed E-state index contributed by atoms with van der Waals surface area (Å²) in [5, 5.41) is 0. The van der Waals surface area contributed by atoms with Crippen molar-refractivity contribution in [3.05, 3.63) is 12.7 Å². The molecular weight excluding hydrogens is 247 g/mol. The molecule has 1 aliphatic carbocycles. The highest BCUT2D eigenvalue weighted by molar-refractivity contribution is 5.80. The van der Waals surface area contributed by atoms with E-state index in [4.69, 9.17) is 4.74 Å². The first-order valence-electron chi connectivity index (χ1n) is 5.91. The van der Waals surface area contributed by atoms with E-state index in [0.717, 1.165) is 12.8 Å². The predicted octanol–water partition coefficient (Wildman–Crippen LogP) is 2.38. The number of hydrogen-bond donors (Lipinski definition) is 0. The Hall–Kier alpha value is -1.04. The number of halogens is 3. The summed E-state index contributed by atoms with van der Waals surface area (Å²) in [6, 6.07) is 0. The number of carbonyl (C=O) groups excluding carboxylic acids is 1. The minimum absolute atomic E-state index is 0.129. The lowest BCUT2D eigenvalue weighted by molar-refractivity contribution is -0.166. The van der Waals surface area contributed by atoms with E-state index in [1.54, 1.807) is 0 Å². The third-order valence-electron chi connectivity index (χ3n) is 2.66. The number of rotatable bonds is 7. The Morgan fingerprint density at radius 2 is 2.17 bits per heavy atom. The van der Waals surface area contributed by atoms with Crippen LogP contribution in [0.5, 0.6) is 0 Å². The minimum Gasteiger partial charge on any atom is -0.368 e. The van der Waals surface area contributed by atoms with E-state index >= 15 is 0 Å². The molecule has 1 atom stereocenters. The van der Waals surface area contributed by atoms with Crippen molar-refractivity contribution in [1.82, 2.24) is 4.90 Å². The van der Waals surface area contributed by atoms with Gasteiger partial charge in [0.1, 0.15) is 12.6 Å². The highest BCUT2D eigenvalue weighted by Crippen LogP contribution is 2.29. The van der Waals surface area contributed by atoms with Gasteiger partial charge in [0, 0.05) is 6.54 Å². The molecule has 1 amide bonds. The van der Waals surface area contributed by atoms with Crippen LogP contribution in [-0.4, -0.2) is 42.8 Å². The monoisotopic (exact) mass is 265 g/mol. The van der Waals surface area contributed by atoms with E-state index in [-0.39, 0.29) is 6.54 Å². The smallest absolute Gasteiger partial charge is 0.368 e. The summed E-state index contributed by atoms with van der Waals surface area (Å²) in [5.41, 5.74) is 0. The molecule has 0 aromatic heterocycles. The molecule has 1 saturated carbocycles. The number of alkyl halides is 3. The Morgan fingerprint density at radius 3 is 2.61 bits per heavy atom. The predicted molar refractivity (Wildman–Crippen MR) is 61.0 cm³/mol. The average Bonchev–Trinajstić information content (AvgIpc) is 3.06. The maximum absolute atomic E-state index is 12.3. The van der Waals surface area contributed by atoms with Gasteiger partial charge in [0.15, 0.2) is 0 Å². The third kappa shape index (κ3) is 5.53. The molecule has 1 rings (SSSR count). The molecule has 0 aliphatic heterocycles. The van der Waals surface area contributed by atoms with E-state index < -0.39 is 24.7 Å². The largest absolute Gasteiger partial charge is 0.406 e. The highest BCUT2D eigenvalue weighted by Gasteiger charge is 2.34. The molecule has 0 N–H and O–H groups in total. The second-order valence-corrected chi connectivity index (χ2v) is 4.54. The quantitative estimate of drug-likeness (QED) is 0.661. The molecule has 18 heavy (non-hydrogen) atoms. The fourth-order valence-electron chi connectivity index (χ4n) is 1.50. The lowest BCUT2D eigenvalue weighted by Gasteiger charge is -2.25. The summed E-state index contributed by atoms with van der Waals surface area (Å²) in [5.74, 6) is -0.177. The van der Waals surface area contributed by atoms with Crippen molar-refractivity contribution in [1.29, 1.82) is 0 Å². The molecule has 0 aromatic rings. The molecule has 1 unspecified atom stereocenters. The van der Waals surface area contributed by atoms with Crippen molar-refractivity contribution in [3.63, 3.8) is 0 Å². The first kappa shape index (κ1) is 15.0. The van der Waals surface area contributed by atoms with Gasteiger partial charge < -0.3 is 9.64 Å². The summed E-state index contributed by atoms with van der Waals surface area (Å²) in [4.78, 5) is 12.5. The molecule has 0 radical (unpaired) electrons. The standard InChI is InChI=1S/C12H18F3NO2/c1-3-6-16(8-12(13,14)15)11(17)9(2)18-7-10-4-5-10/h3,9-10H,1,4-8H2,2H3. The van der Waals surface area contributed by atoms with Gasteiger partial charge in [-0.05, 0) is 25.7 Å². The van der Waals surface area contributed by atoms with Crippen LogP contribution in [0, 0.1) is 5.92 Å². The van der Waals surface area contributed by atoms with Crippen LogP contribution in [0.3, 0.4) is 0 Å². The molecule has 1 aliphatic rings. The summed E-state index contributed by atoms with van der Waals surface area (Å²) in [6.45, 7) is 3.88. The second-order valence-electron chi connectivity index (χ2n) is 4.54. The van der Waals surface area contributed by atoms with Crippen LogP contribution in [0.2, 0.25) is 0 Å². The molecule has 0 aromatic carbocycles. The number of amides is 1. The molecular formula is C12H18F3NO2. The lowest BCUT2D eigenvalue weighted by Crippen LogP contribution is -2.44. The fourth-order valence-corrected chi connectivity index (χ4v) is 1.50. The van der Waals surface area contributed by atoms with Gasteiger partial charge in [-0.3, -0.25) is 4.79 Å². The maximum Gasteiger partial charge on any atom is 0.406 e. The van der Waals surface area contributed by atoms with Crippen LogP contribution in [-0.2, 0) is 9.53 Å². The van der Waals surface area contributed by atoms with Gasteiger partial charge in [0.25, 0.3) is 5.91 Å². The van der Waals surface area contributed by atoms with Crippen LogP contribution in [0.1, 0.15) is 19.8 Å². The van der Waals surface area contributed by atoms with Crippen molar-refractivity contribution in [3.8, 4) is 0 Å². The number of hydrogen-bond acceptors (Lipinski definition) is 2. The zero-order valence-corrected chi connectivity index (χ0v) is 10.4. The van der Waals surface area contributed by atoms with E-state index in [9.17, 15) is 18.0 Å². The van der Waals surface area contributed by atoms with Gasteiger partial charge in [-0.25, -0.2) is 0 Å². The first-order valence-corrected chi connectivity index (χ1v) is 5.91. The molecule has 0 bridgehead atoms. The molecule has 104 valence electrons. The van der Waals surface area contributed by atoms with Crippen LogP contribution in [0.4, 0.5) is 13.2 Å². The summed E-state index contributed by atoms with van der Waals surface area (Å²) in [6.07, 6.45) is -1.83. The van der Waals surface area contributed by atoms with Gasteiger partial charge in [-0.2, -0.15) is 13.2 Å². The van der Waals surface area contributed by atoms with E-state index in [1.165, 1.54) is 13.0 Å². The molecule has 1 fully saturated rings. The molecule has 3 nitrogen and oxygen atoms in total. The van der Waals surface area contributed by atoms with Crippen molar-refractivity contribution < 1.29 is 22.7 Å². The fraction of sp³-hybridized carbons (Fsp3) is 0.750. The van der Waals surface area contributed by atoms with Gasteiger partial charge in [-0.15, -0.1) is 6.58 Å².